The highest BCUT2D eigenvalue weighted by Gasteiger charge is 2.26. The van der Waals surface area contributed by atoms with Crippen LogP contribution in [-0.2, 0) is 24.8 Å². The molecule has 1 N–H and O–H groups in total. The van der Waals surface area contributed by atoms with Gasteiger partial charge in [0.1, 0.15) is 18.1 Å². The molecular weight excluding hydrogens is 346 g/mol. The summed E-state index contributed by atoms with van der Waals surface area (Å²) in [6.45, 7) is 2.17. The van der Waals surface area contributed by atoms with Gasteiger partial charge in [0.05, 0.1) is 12.2 Å². The molecule has 8 nitrogen and oxygen atoms in total. The number of amides is 1. The van der Waals surface area contributed by atoms with Crippen LogP contribution in [0.2, 0.25) is 0 Å². The van der Waals surface area contributed by atoms with Crippen LogP contribution in [0, 0.1) is 6.92 Å². The second-order valence-electron chi connectivity index (χ2n) is 6.67. The molecule has 1 aliphatic rings. The van der Waals surface area contributed by atoms with Crippen molar-refractivity contribution in [3.05, 3.63) is 52.9 Å². The number of rotatable bonds is 5. The molecule has 27 heavy (non-hydrogen) atoms. The quantitative estimate of drug-likeness (QED) is 0.744. The van der Waals surface area contributed by atoms with Crippen molar-refractivity contribution in [2.75, 3.05) is 7.11 Å². The third kappa shape index (κ3) is 3.23. The Morgan fingerprint density at radius 1 is 1.44 bits per heavy atom. The molecule has 1 atom stereocenters. The van der Waals surface area contributed by atoms with E-state index in [-0.39, 0.29) is 11.9 Å². The number of hydrogen-bond donors (Lipinski definition) is 1. The van der Waals surface area contributed by atoms with Crippen LogP contribution in [0.4, 0.5) is 0 Å². The zero-order valence-corrected chi connectivity index (χ0v) is 15.5. The summed E-state index contributed by atoms with van der Waals surface area (Å²) in [6, 6.07) is 6.05. The first-order chi connectivity index (χ1) is 13.1. The van der Waals surface area contributed by atoms with Crippen LogP contribution in [0.1, 0.15) is 45.8 Å². The molecule has 1 aromatic carbocycles. The molecule has 8 heteroatoms. The monoisotopic (exact) mass is 367 g/mol. The van der Waals surface area contributed by atoms with E-state index in [0.717, 1.165) is 29.8 Å². The van der Waals surface area contributed by atoms with E-state index >= 15 is 0 Å². The molecule has 3 aromatic rings. The molecule has 0 fully saturated rings. The highest BCUT2D eigenvalue weighted by Crippen LogP contribution is 2.34. The molecule has 1 aliphatic carbocycles. The van der Waals surface area contributed by atoms with Gasteiger partial charge in [-0.2, -0.15) is 4.98 Å². The second kappa shape index (κ2) is 6.96. The van der Waals surface area contributed by atoms with Gasteiger partial charge in [0.25, 0.3) is 11.8 Å². The number of nitrogens with one attached hydrogen (secondary N) is 1. The highest BCUT2D eigenvalue weighted by molar-refractivity contribution is 5.92. The minimum Gasteiger partial charge on any atom is -0.375 e. The van der Waals surface area contributed by atoms with Crippen molar-refractivity contribution in [3.63, 3.8) is 0 Å². The number of aromatic nitrogens is 4. The average Bonchev–Trinajstić information content (AvgIpc) is 3.36. The van der Waals surface area contributed by atoms with Crippen LogP contribution in [0.25, 0.3) is 11.4 Å². The van der Waals surface area contributed by atoms with Crippen LogP contribution in [0.3, 0.4) is 0 Å². The summed E-state index contributed by atoms with van der Waals surface area (Å²) in [5.74, 6) is 1.69. The lowest BCUT2D eigenvalue weighted by atomic mass is 10.0. The highest BCUT2D eigenvalue weighted by atomic mass is 16.5. The Hall–Kier alpha value is -3.00. The van der Waals surface area contributed by atoms with Gasteiger partial charge in [0.15, 0.2) is 0 Å². The molecule has 0 aliphatic heterocycles. The van der Waals surface area contributed by atoms with E-state index in [1.54, 1.807) is 17.9 Å². The summed E-state index contributed by atoms with van der Waals surface area (Å²) in [4.78, 5) is 21.1. The third-order valence-electron chi connectivity index (χ3n) is 4.97. The Kier molecular flexibility index (Phi) is 4.49. The van der Waals surface area contributed by atoms with Crippen LogP contribution in [-0.4, -0.2) is 32.7 Å². The van der Waals surface area contributed by atoms with Crippen molar-refractivity contribution in [1.82, 2.24) is 25.0 Å². The third-order valence-corrected chi connectivity index (χ3v) is 4.97. The SMILES string of the molecule is COCc1nc(-c2ccc3c(c2)CC[C@H]3NC(=O)c2cnc(C)n2C)no1. The number of hydrogen-bond acceptors (Lipinski definition) is 6. The van der Waals surface area contributed by atoms with Crippen molar-refractivity contribution in [2.45, 2.75) is 32.4 Å². The Labute approximate surface area is 156 Å². The van der Waals surface area contributed by atoms with Crippen LogP contribution in [0.15, 0.2) is 28.9 Å². The smallest absolute Gasteiger partial charge is 0.270 e. The zero-order valence-electron chi connectivity index (χ0n) is 15.5. The summed E-state index contributed by atoms with van der Waals surface area (Å²) >= 11 is 0. The van der Waals surface area contributed by atoms with Gasteiger partial charge in [0.2, 0.25) is 5.82 Å². The standard InChI is InChI=1S/C19H21N5O3/c1-11-20-9-16(24(11)2)19(25)21-15-7-5-12-8-13(4-6-14(12)15)18-22-17(10-26-3)27-23-18/h4,6,8-9,15H,5,7,10H2,1-3H3,(H,21,25)/t15-/m1/s1. The number of carbonyl (C=O) groups excluding carboxylic acids is 1. The lowest BCUT2D eigenvalue weighted by Gasteiger charge is -2.14. The maximum atomic E-state index is 12.6. The normalized spacial score (nSPS) is 15.7. The van der Waals surface area contributed by atoms with E-state index in [1.807, 2.05) is 26.1 Å². The number of benzene rings is 1. The summed E-state index contributed by atoms with van der Waals surface area (Å²) in [5, 5.41) is 7.12. The molecule has 1 amide bonds. The zero-order chi connectivity index (χ0) is 19.0. The molecule has 0 saturated heterocycles. The van der Waals surface area contributed by atoms with E-state index in [0.29, 0.717) is 24.0 Å². The molecule has 0 unspecified atom stereocenters. The lowest BCUT2D eigenvalue weighted by molar-refractivity contribution is 0.0928. The lowest BCUT2D eigenvalue weighted by Crippen LogP contribution is -2.28. The molecule has 0 saturated carbocycles. The van der Waals surface area contributed by atoms with Gasteiger partial charge in [-0.05, 0) is 37.0 Å². The van der Waals surface area contributed by atoms with Gasteiger partial charge in [-0.1, -0.05) is 17.3 Å². The number of ether oxygens (including phenoxy) is 1. The summed E-state index contributed by atoms with van der Waals surface area (Å²) in [7, 11) is 3.43. The minimum atomic E-state index is -0.109. The van der Waals surface area contributed by atoms with Crippen LogP contribution < -0.4 is 5.32 Å². The minimum absolute atomic E-state index is 0.00826. The van der Waals surface area contributed by atoms with Gasteiger partial charge < -0.3 is 19.1 Å². The fourth-order valence-corrected chi connectivity index (χ4v) is 3.41. The van der Waals surface area contributed by atoms with E-state index in [1.165, 1.54) is 5.56 Å². The number of aryl methyl sites for hydroxylation is 2. The predicted octanol–water partition coefficient (Wildman–Crippen LogP) is 2.34. The van der Waals surface area contributed by atoms with Crippen LogP contribution >= 0.6 is 0 Å². The second-order valence-corrected chi connectivity index (χ2v) is 6.67. The number of imidazole rings is 1. The molecule has 140 valence electrons. The van der Waals surface area contributed by atoms with E-state index in [4.69, 9.17) is 9.26 Å². The Balaban J connectivity index is 1.52. The van der Waals surface area contributed by atoms with E-state index in [9.17, 15) is 4.79 Å². The molecular formula is C19H21N5O3. The number of fused-ring (bicyclic) bond motifs is 1. The van der Waals surface area contributed by atoms with E-state index < -0.39 is 0 Å². The summed E-state index contributed by atoms with van der Waals surface area (Å²) in [6.07, 6.45) is 3.36. The Morgan fingerprint density at radius 2 is 2.30 bits per heavy atom. The fourth-order valence-electron chi connectivity index (χ4n) is 3.41. The number of carbonyl (C=O) groups is 1. The van der Waals surface area contributed by atoms with E-state index in [2.05, 4.69) is 26.5 Å². The van der Waals surface area contributed by atoms with Gasteiger partial charge in [-0.15, -0.1) is 0 Å². The first-order valence-electron chi connectivity index (χ1n) is 8.80. The van der Waals surface area contributed by atoms with Gasteiger partial charge in [-0.3, -0.25) is 4.79 Å². The Bertz CT molecular complexity index is 991. The maximum Gasteiger partial charge on any atom is 0.270 e. The fraction of sp³-hybridized carbons (Fsp3) is 0.368. The maximum absolute atomic E-state index is 12.6. The largest absolute Gasteiger partial charge is 0.375 e. The molecule has 0 radical (unpaired) electrons. The molecule has 0 spiro atoms. The summed E-state index contributed by atoms with van der Waals surface area (Å²) in [5.41, 5.74) is 3.79. The first kappa shape index (κ1) is 17.4. The topological polar surface area (TPSA) is 95.1 Å². The van der Waals surface area contributed by atoms with Crippen molar-refractivity contribution in [3.8, 4) is 11.4 Å². The molecule has 2 aromatic heterocycles. The molecule has 2 heterocycles. The van der Waals surface area contributed by atoms with Gasteiger partial charge in [-0.25, -0.2) is 4.98 Å². The van der Waals surface area contributed by atoms with Crippen molar-refractivity contribution < 1.29 is 14.1 Å². The molecule has 4 rings (SSSR count). The average molecular weight is 367 g/mol. The van der Waals surface area contributed by atoms with Crippen molar-refractivity contribution >= 4 is 5.91 Å². The van der Waals surface area contributed by atoms with Gasteiger partial charge in [0, 0.05) is 19.7 Å². The van der Waals surface area contributed by atoms with Crippen LogP contribution in [0.5, 0.6) is 0 Å². The van der Waals surface area contributed by atoms with Gasteiger partial charge >= 0.3 is 0 Å². The first-order valence-corrected chi connectivity index (χ1v) is 8.80. The predicted molar refractivity (Wildman–Crippen MR) is 96.9 cm³/mol. The molecule has 0 bridgehead atoms. The Morgan fingerprint density at radius 3 is 3.04 bits per heavy atom. The number of methoxy groups -OCH3 is 1. The summed E-state index contributed by atoms with van der Waals surface area (Å²) < 4.78 is 12.0. The van der Waals surface area contributed by atoms with Crippen molar-refractivity contribution in [1.29, 1.82) is 0 Å². The number of nitrogens with zero attached hydrogens (tertiary/aromatic N) is 4. The van der Waals surface area contributed by atoms with Crippen molar-refractivity contribution in [2.24, 2.45) is 7.05 Å².